The molecular formula is C13H13F3N2O3. The lowest BCUT2D eigenvalue weighted by molar-refractivity contribution is -0.274. The molecule has 0 radical (unpaired) electrons. The molecule has 5 nitrogen and oxygen atoms in total. The fourth-order valence-electron chi connectivity index (χ4n) is 2.20. The third kappa shape index (κ3) is 3.45. The number of benzene rings is 1. The minimum absolute atomic E-state index is 0.270. The summed E-state index contributed by atoms with van der Waals surface area (Å²) in [6.07, 6.45) is -4.47. The predicted molar refractivity (Wildman–Crippen MR) is 67.7 cm³/mol. The van der Waals surface area contributed by atoms with Gasteiger partial charge in [-0.05, 0) is 18.6 Å². The largest absolute Gasteiger partial charge is 0.573 e. The van der Waals surface area contributed by atoms with Crippen molar-refractivity contribution >= 4 is 17.5 Å². The number of carbonyl (C=O) groups excluding carboxylic acids is 2. The second-order valence-electron chi connectivity index (χ2n) is 4.49. The molecule has 0 bridgehead atoms. The zero-order valence-corrected chi connectivity index (χ0v) is 11.1. The molecule has 0 aliphatic carbocycles. The van der Waals surface area contributed by atoms with E-state index in [1.54, 1.807) is 0 Å². The van der Waals surface area contributed by atoms with Crippen LogP contribution < -0.4 is 15.0 Å². The van der Waals surface area contributed by atoms with Crippen molar-refractivity contribution < 1.29 is 27.5 Å². The molecule has 1 fully saturated rings. The summed E-state index contributed by atoms with van der Waals surface area (Å²) in [5.74, 6) is -2.04. The first-order valence-corrected chi connectivity index (χ1v) is 6.20. The zero-order valence-electron chi connectivity index (χ0n) is 11.1. The van der Waals surface area contributed by atoms with Crippen LogP contribution in [-0.2, 0) is 9.59 Å². The van der Waals surface area contributed by atoms with Crippen molar-refractivity contribution in [3.8, 4) is 5.75 Å². The van der Waals surface area contributed by atoms with Gasteiger partial charge in [0.05, 0.1) is 0 Å². The first kappa shape index (κ1) is 15.1. The molecule has 1 heterocycles. The van der Waals surface area contributed by atoms with Gasteiger partial charge in [-0.15, -0.1) is 13.2 Å². The molecule has 1 saturated heterocycles. The first-order chi connectivity index (χ1) is 9.81. The third-order valence-electron chi connectivity index (χ3n) is 3.13. The van der Waals surface area contributed by atoms with Gasteiger partial charge in [-0.3, -0.25) is 9.59 Å². The maximum atomic E-state index is 12.2. The molecular weight excluding hydrogens is 289 g/mol. The summed E-state index contributed by atoms with van der Waals surface area (Å²) >= 11 is 0. The number of nitrogens with one attached hydrogen (secondary N) is 1. The van der Waals surface area contributed by atoms with Crippen LogP contribution in [0, 0.1) is 5.92 Å². The molecule has 0 saturated carbocycles. The molecule has 2 amide bonds. The average Bonchev–Trinajstić information content (AvgIpc) is 2.78. The molecule has 1 unspecified atom stereocenters. The van der Waals surface area contributed by atoms with Gasteiger partial charge in [0.15, 0.2) is 0 Å². The van der Waals surface area contributed by atoms with E-state index in [2.05, 4.69) is 10.1 Å². The summed E-state index contributed by atoms with van der Waals surface area (Å²) < 4.78 is 40.4. The number of nitrogens with zero attached hydrogens (tertiary/aromatic N) is 1. The molecule has 1 N–H and O–H groups in total. The Hall–Kier alpha value is -2.25. The van der Waals surface area contributed by atoms with Crippen molar-refractivity contribution in [3.05, 3.63) is 24.3 Å². The first-order valence-electron chi connectivity index (χ1n) is 6.20. The van der Waals surface area contributed by atoms with Crippen LogP contribution >= 0.6 is 0 Å². The van der Waals surface area contributed by atoms with E-state index >= 15 is 0 Å². The van der Waals surface area contributed by atoms with Gasteiger partial charge in [0.1, 0.15) is 11.7 Å². The van der Waals surface area contributed by atoms with Crippen LogP contribution in [0.2, 0.25) is 0 Å². The number of halogens is 3. The molecule has 0 aromatic heterocycles. The standard InChI is InChI=1S/C13H13F3N2O3/c1-17-11(19)10-5-6-18(12(10)20)8-3-2-4-9(7-8)21-13(14,15)16/h2-4,7,10H,5-6H2,1H3,(H,17,19). The van der Waals surface area contributed by atoms with E-state index in [9.17, 15) is 22.8 Å². The van der Waals surface area contributed by atoms with E-state index in [-0.39, 0.29) is 12.2 Å². The maximum Gasteiger partial charge on any atom is 0.573 e. The minimum atomic E-state index is -4.79. The average molecular weight is 302 g/mol. The zero-order chi connectivity index (χ0) is 15.6. The topological polar surface area (TPSA) is 58.6 Å². The quantitative estimate of drug-likeness (QED) is 0.864. The van der Waals surface area contributed by atoms with Crippen molar-refractivity contribution in [2.45, 2.75) is 12.8 Å². The lowest BCUT2D eigenvalue weighted by Crippen LogP contribution is -2.35. The normalized spacial score (nSPS) is 18.8. The number of alkyl halides is 3. The van der Waals surface area contributed by atoms with Gasteiger partial charge >= 0.3 is 6.36 Å². The Morgan fingerprint density at radius 1 is 1.43 bits per heavy atom. The Bertz CT molecular complexity index is 560. The number of rotatable bonds is 3. The van der Waals surface area contributed by atoms with Gasteiger partial charge < -0.3 is 15.0 Å². The number of ether oxygens (including phenoxy) is 1. The summed E-state index contributed by atoms with van der Waals surface area (Å²) in [4.78, 5) is 24.9. The molecule has 8 heteroatoms. The fourth-order valence-corrected chi connectivity index (χ4v) is 2.20. The van der Waals surface area contributed by atoms with E-state index in [4.69, 9.17) is 0 Å². The van der Waals surface area contributed by atoms with Crippen molar-refractivity contribution in [1.82, 2.24) is 5.32 Å². The van der Waals surface area contributed by atoms with Crippen molar-refractivity contribution in [2.24, 2.45) is 5.92 Å². The van der Waals surface area contributed by atoms with Crippen LogP contribution in [0.15, 0.2) is 24.3 Å². The number of anilines is 1. The lowest BCUT2D eigenvalue weighted by atomic mass is 10.1. The summed E-state index contributed by atoms with van der Waals surface area (Å²) in [6.45, 7) is 0.270. The van der Waals surface area contributed by atoms with Gasteiger partial charge in [0.25, 0.3) is 0 Å². The van der Waals surface area contributed by atoms with Crippen LogP contribution in [0.4, 0.5) is 18.9 Å². The van der Waals surface area contributed by atoms with Gasteiger partial charge in [-0.1, -0.05) is 6.07 Å². The Labute approximate surface area is 118 Å². The van der Waals surface area contributed by atoms with E-state index < -0.39 is 29.8 Å². The smallest absolute Gasteiger partial charge is 0.406 e. The highest BCUT2D eigenvalue weighted by Crippen LogP contribution is 2.30. The minimum Gasteiger partial charge on any atom is -0.406 e. The summed E-state index contributed by atoms with van der Waals surface area (Å²) in [5.41, 5.74) is 0.271. The van der Waals surface area contributed by atoms with Crippen LogP contribution in [0.5, 0.6) is 5.75 Å². The Morgan fingerprint density at radius 2 is 2.14 bits per heavy atom. The van der Waals surface area contributed by atoms with E-state index in [0.717, 1.165) is 12.1 Å². The lowest BCUT2D eigenvalue weighted by Gasteiger charge is -2.18. The summed E-state index contributed by atoms with van der Waals surface area (Å²) in [6, 6.07) is 5.12. The van der Waals surface area contributed by atoms with E-state index in [1.165, 1.54) is 24.1 Å². The van der Waals surface area contributed by atoms with Gasteiger partial charge in [-0.2, -0.15) is 0 Å². The molecule has 1 aromatic rings. The van der Waals surface area contributed by atoms with Crippen LogP contribution in [0.25, 0.3) is 0 Å². The van der Waals surface area contributed by atoms with Gasteiger partial charge in [0, 0.05) is 25.3 Å². The van der Waals surface area contributed by atoms with Gasteiger partial charge in [0.2, 0.25) is 11.8 Å². The molecule has 1 aliphatic heterocycles. The summed E-state index contributed by atoms with van der Waals surface area (Å²) in [7, 11) is 1.43. The number of hydrogen-bond donors (Lipinski definition) is 1. The summed E-state index contributed by atoms with van der Waals surface area (Å²) in [5, 5.41) is 2.39. The van der Waals surface area contributed by atoms with Crippen molar-refractivity contribution in [2.75, 3.05) is 18.5 Å². The monoisotopic (exact) mass is 302 g/mol. The molecule has 21 heavy (non-hydrogen) atoms. The third-order valence-corrected chi connectivity index (χ3v) is 3.13. The maximum absolute atomic E-state index is 12.2. The van der Waals surface area contributed by atoms with Crippen molar-refractivity contribution in [1.29, 1.82) is 0 Å². The number of amides is 2. The highest BCUT2D eigenvalue weighted by Gasteiger charge is 2.37. The Kier molecular flexibility index (Phi) is 4.06. The van der Waals surface area contributed by atoms with Gasteiger partial charge in [-0.25, -0.2) is 0 Å². The van der Waals surface area contributed by atoms with E-state index in [1.807, 2.05) is 0 Å². The molecule has 1 aromatic carbocycles. The number of carbonyl (C=O) groups is 2. The highest BCUT2D eigenvalue weighted by atomic mass is 19.4. The fraction of sp³-hybridized carbons (Fsp3) is 0.385. The second-order valence-corrected chi connectivity index (χ2v) is 4.49. The molecule has 0 spiro atoms. The highest BCUT2D eigenvalue weighted by molar-refractivity contribution is 6.09. The molecule has 114 valence electrons. The van der Waals surface area contributed by atoms with Crippen molar-refractivity contribution in [3.63, 3.8) is 0 Å². The van der Waals surface area contributed by atoms with E-state index in [0.29, 0.717) is 6.42 Å². The Morgan fingerprint density at radius 3 is 2.76 bits per heavy atom. The Balaban J connectivity index is 2.18. The second kappa shape index (κ2) is 5.63. The van der Waals surface area contributed by atoms with Crippen LogP contribution in [-0.4, -0.2) is 31.8 Å². The molecule has 2 rings (SSSR count). The SMILES string of the molecule is CNC(=O)C1CCN(c2cccc(OC(F)(F)F)c2)C1=O. The molecule has 1 atom stereocenters. The van der Waals surface area contributed by atoms with Crippen LogP contribution in [0.1, 0.15) is 6.42 Å². The predicted octanol–water partition coefficient (Wildman–Crippen LogP) is 1.68. The molecule has 1 aliphatic rings. The number of hydrogen-bond acceptors (Lipinski definition) is 3. The van der Waals surface area contributed by atoms with Crippen LogP contribution in [0.3, 0.4) is 0 Å².